The minimum absolute atomic E-state index is 0.284. The molecular formula is C22H20O3. The van der Waals surface area contributed by atoms with Crippen LogP contribution in [0.4, 0.5) is 0 Å². The monoisotopic (exact) mass is 332 g/mol. The molecule has 2 N–H and O–H groups in total. The van der Waals surface area contributed by atoms with E-state index in [9.17, 15) is 15.0 Å². The van der Waals surface area contributed by atoms with Crippen molar-refractivity contribution in [3.05, 3.63) is 108 Å². The Kier molecular flexibility index (Phi) is 5.39. The molecule has 0 aliphatic rings. The average molecular weight is 332 g/mol. The molecule has 3 heteroatoms. The SMILES string of the molecule is O=C(c1ccccc1)C([C@@H](O)c1ccccc1)[C@@H](O)c1ccccc1. The molecule has 0 heterocycles. The van der Waals surface area contributed by atoms with Crippen molar-refractivity contribution < 1.29 is 15.0 Å². The Morgan fingerprint density at radius 2 is 0.960 bits per heavy atom. The van der Waals surface area contributed by atoms with Gasteiger partial charge in [-0.1, -0.05) is 91.0 Å². The zero-order valence-electron chi connectivity index (χ0n) is 13.7. The topological polar surface area (TPSA) is 57.5 Å². The summed E-state index contributed by atoms with van der Waals surface area (Å²) < 4.78 is 0. The molecule has 0 aliphatic heterocycles. The maximum absolute atomic E-state index is 13.1. The highest BCUT2D eigenvalue weighted by Crippen LogP contribution is 2.35. The first-order valence-corrected chi connectivity index (χ1v) is 8.24. The zero-order chi connectivity index (χ0) is 17.6. The second-order valence-electron chi connectivity index (χ2n) is 5.97. The van der Waals surface area contributed by atoms with Gasteiger partial charge < -0.3 is 10.2 Å². The molecule has 0 bridgehead atoms. The van der Waals surface area contributed by atoms with Gasteiger partial charge >= 0.3 is 0 Å². The van der Waals surface area contributed by atoms with Crippen molar-refractivity contribution in [2.75, 3.05) is 0 Å². The van der Waals surface area contributed by atoms with Crippen LogP contribution in [0.1, 0.15) is 33.7 Å². The standard InChI is InChI=1S/C22H20O3/c23-20(16-10-4-1-5-11-16)19(21(24)17-12-6-2-7-13-17)22(25)18-14-8-3-9-15-18/h1-15,19-21,23-24H/t20-,21-/m0/s1. The van der Waals surface area contributed by atoms with Crippen LogP contribution in [0.25, 0.3) is 0 Å². The van der Waals surface area contributed by atoms with E-state index >= 15 is 0 Å². The molecule has 3 nitrogen and oxygen atoms in total. The summed E-state index contributed by atoms with van der Waals surface area (Å²) in [5.74, 6) is -1.28. The van der Waals surface area contributed by atoms with Gasteiger partial charge in [0.2, 0.25) is 0 Å². The molecule has 0 amide bonds. The number of Topliss-reactive ketones (excluding diaryl/α,β-unsaturated/α-hetero) is 1. The summed E-state index contributed by atoms with van der Waals surface area (Å²) >= 11 is 0. The normalized spacial score (nSPS) is 13.4. The number of aliphatic hydroxyl groups excluding tert-OH is 2. The third-order valence-corrected chi connectivity index (χ3v) is 4.32. The van der Waals surface area contributed by atoms with Gasteiger partial charge in [0.15, 0.2) is 5.78 Å². The van der Waals surface area contributed by atoms with Crippen LogP contribution in [0.3, 0.4) is 0 Å². The fraction of sp³-hybridized carbons (Fsp3) is 0.136. The van der Waals surface area contributed by atoms with E-state index in [-0.39, 0.29) is 5.78 Å². The summed E-state index contributed by atoms with van der Waals surface area (Å²) in [6.07, 6.45) is -2.21. The third-order valence-electron chi connectivity index (χ3n) is 4.32. The van der Waals surface area contributed by atoms with E-state index in [2.05, 4.69) is 0 Å². The Bertz CT molecular complexity index is 755. The Morgan fingerprint density at radius 1 is 0.600 bits per heavy atom. The molecule has 3 aromatic carbocycles. The number of aliphatic hydroxyl groups is 2. The predicted molar refractivity (Wildman–Crippen MR) is 97.1 cm³/mol. The molecule has 0 saturated heterocycles. The van der Waals surface area contributed by atoms with Crippen LogP contribution in [-0.4, -0.2) is 16.0 Å². The summed E-state index contributed by atoms with van der Waals surface area (Å²) in [6, 6.07) is 26.7. The molecule has 126 valence electrons. The molecule has 3 aromatic rings. The minimum Gasteiger partial charge on any atom is -0.388 e. The number of ketones is 1. The second-order valence-corrected chi connectivity index (χ2v) is 5.97. The summed E-state index contributed by atoms with van der Waals surface area (Å²) in [6.45, 7) is 0. The summed E-state index contributed by atoms with van der Waals surface area (Å²) in [7, 11) is 0. The Morgan fingerprint density at radius 3 is 1.36 bits per heavy atom. The van der Waals surface area contributed by atoms with E-state index < -0.39 is 18.1 Å². The minimum atomic E-state index is -1.11. The van der Waals surface area contributed by atoms with Gasteiger partial charge in [-0.05, 0) is 11.1 Å². The van der Waals surface area contributed by atoms with Crippen LogP contribution < -0.4 is 0 Å². The smallest absolute Gasteiger partial charge is 0.171 e. The first kappa shape index (κ1) is 17.1. The van der Waals surface area contributed by atoms with Crippen LogP contribution in [0.5, 0.6) is 0 Å². The lowest BCUT2D eigenvalue weighted by molar-refractivity contribution is 0.0143. The van der Waals surface area contributed by atoms with Crippen molar-refractivity contribution in [3.63, 3.8) is 0 Å². The van der Waals surface area contributed by atoms with Crippen LogP contribution in [-0.2, 0) is 0 Å². The highest BCUT2D eigenvalue weighted by molar-refractivity contribution is 5.98. The van der Waals surface area contributed by atoms with Gasteiger partial charge in [0, 0.05) is 5.56 Å². The fourth-order valence-electron chi connectivity index (χ4n) is 2.97. The number of hydrogen-bond donors (Lipinski definition) is 2. The van der Waals surface area contributed by atoms with Crippen molar-refractivity contribution in [1.29, 1.82) is 0 Å². The highest BCUT2D eigenvalue weighted by atomic mass is 16.3. The lowest BCUT2D eigenvalue weighted by Crippen LogP contribution is -2.29. The number of rotatable bonds is 6. The van der Waals surface area contributed by atoms with E-state index in [1.54, 1.807) is 72.8 Å². The molecule has 0 saturated carbocycles. The number of carbonyl (C=O) groups is 1. The summed E-state index contributed by atoms with van der Waals surface area (Å²) in [4.78, 5) is 13.1. The van der Waals surface area contributed by atoms with Gasteiger partial charge in [0.1, 0.15) is 0 Å². The maximum Gasteiger partial charge on any atom is 0.171 e. The van der Waals surface area contributed by atoms with Crippen LogP contribution in [0, 0.1) is 5.92 Å². The average Bonchev–Trinajstić information content (AvgIpc) is 2.70. The largest absolute Gasteiger partial charge is 0.388 e. The Labute approximate surface area is 147 Å². The summed E-state index contributed by atoms with van der Waals surface area (Å²) in [5.41, 5.74) is 1.68. The molecule has 3 rings (SSSR count). The quantitative estimate of drug-likeness (QED) is 0.672. The van der Waals surface area contributed by atoms with Crippen molar-refractivity contribution >= 4 is 5.78 Å². The first-order valence-electron chi connectivity index (χ1n) is 8.24. The van der Waals surface area contributed by atoms with Gasteiger partial charge in [0.25, 0.3) is 0 Å². The molecular weight excluding hydrogens is 312 g/mol. The number of carbonyl (C=O) groups excluding carboxylic acids is 1. The van der Waals surface area contributed by atoms with E-state index in [1.165, 1.54) is 0 Å². The van der Waals surface area contributed by atoms with Crippen molar-refractivity contribution in [2.45, 2.75) is 12.2 Å². The molecule has 0 unspecified atom stereocenters. The van der Waals surface area contributed by atoms with Crippen molar-refractivity contribution in [1.82, 2.24) is 0 Å². The second kappa shape index (κ2) is 7.88. The van der Waals surface area contributed by atoms with Gasteiger partial charge in [-0.25, -0.2) is 0 Å². The van der Waals surface area contributed by atoms with E-state index in [1.807, 2.05) is 18.2 Å². The van der Waals surface area contributed by atoms with E-state index in [0.717, 1.165) is 0 Å². The Balaban J connectivity index is 2.00. The molecule has 2 atom stereocenters. The molecule has 25 heavy (non-hydrogen) atoms. The van der Waals surface area contributed by atoms with Crippen molar-refractivity contribution in [2.24, 2.45) is 5.92 Å². The lowest BCUT2D eigenvalue weighted by Gasteiger charge is -2.27. The fourth-order valence-corrected chi connectivity index (χ4v) is 2.97. The third kappa shape index (κ3) is 3.85. The molecule has 0 aromatic heterocycles. The highest BCUT2D eigenvalue weighted by Gasteiger charge is 2.35. The van der Waals surface area contributed by atoms with E-state index in [4.69, 9.17) is 0 Å². The van der Waals surface area contributed by atoms with Crippen LogP contribution in [0.2, 0.25) is 0 Å². The number of benzene rings is 3. The van der Waals surface area contributed by atoms with Crippen LogP contribution >= 0.6 is 0 Å². The lowest BCUT2D eigenvalue weighted by atomic mass is 9.82. The summed E-state index contributed by atoms with van der Waals surface area (Å²) in [5, 5.41) is 21.7. The van der Waals surface area contributed by atoms with Gasteiger partial charge in [-0.3, -0.25) is 4.79 Å². The predicted octanol–water partition coefficient (Wildman–Crippen LogP) is 3.95. The van der Waals surface area contributed by atoms with Crippen LogP contribution in [0.15, 0.2) is 91.0 Å². The Hall–Kier alpha value is -2.75. The number of hydrogen-bond acceptors (Lipinski definition) is 3. The van der Waals surface area contributed by atoms with Gasteiger partial charge in [-0.15, -0.1) is 0 Å². The molecule has 0 spiro atoms. The maximum atomic E-state index is 13.1. The molecule has 0 aliphatic carbocycles. The van der Waals surface area contributed by atoms with Gasteiger partial charge in [0.05, 0.1) is 18.1 Å². The molecule has 0 fully saturated rings. The molecule has 0 radical (unpaired) electrons. The van der Waals surface area contributed by atoms with E-state index in [0.29, 0.717) is 16.7 Å². The van der Waals surface area contributed by atoms with Gasteiger partial charge in [-0.2, -0.15) is 0 Å². The zero-order valence-corrected chi connectivity index (χ0v) is 13.7. The first-order chi connectivity index (χ1) is 12.2. The van der Waals surface area contributed by atoms with Crippen molar-refractivity contribution in [3.8, 4) is 0 Å².